The van der Waals surface area contributed by atoms with Crippen LogP contribution in [0.3, 0.4) is 0 Å². The fourth-order valence-electron chi connectivity index (χ4n) is 3.27. The molecule has 0 radical (unpaired) electrons. The first-order valence-corrected chi connectivity index (χ1v) is 10.4. The van der Waals surface area contributed by atoms with E-state index < -0.39 is 16.0 Å². The molecule has 0 unspecified atom stereocenters. The summed E-state index contributed by atoms with van der Waals surface area (Å²) in [6.07, 6.45) is 1.70. The first kappa shape index (κ1) is 19.1. The number of hydrogen-bond acceptors (Lipinski definition) is 5. The third kappa shape index (κ3) is 4.03. The fourth-order valence-corrected chi connectivity index (χ4v) is 4.53. The van der Waals surface area contributed by atoms with Gasteiger partial charge >= 0.3 is 5.97 Å². The van der Waals surface area contributed by atoms with Crippen LogP contribution in [0.5, 0.6) is 0 Å². The van der Waals surface area contributed by atoms with E-state index in [0.29, 0.717) is 23.2 Å². The van der Waals surface area contributed by atoms with Gasteiger partial charge in [-0.15, -0.1) is 0 Å². The number of hydrogen-bond donors (Lipinski definition) is 0. The van der Waals surface area contributed by atoms with Crippen molar-refractivity contribution < 1.29 is 22.7 Å². The third-order valence-corrected chi connectivity index (χ3v) is 5.80. The van der Waals surface area contributed by atoms with E-state index in [9.17, 15) is 18.0 Å². The van der Waals surface area contributed by atoms with Gasteiger partial charge < -0.3 is 4.74 Å². The van der Waals surface area contributed by atoms with Crippen LogP contribution >= 0.6 is 0 Å². The van der Waals surface area contributed by atoms with Crippen molar-refractivity contribution in [2.75, 3.05) is 17.2 Å². The Kier molecular flexibility index (Phi) is 5.06. The Labute approximate surface area is 158 Å². The standard InChI is InChI=1S/C20H21NO5S/c1-13-4-6-15(7-5-13)20(23)26-12-19(22)16-8-9-18-17(11-16)10-14(2)21(18)27(3,24)25/h4-9,11,14H,10,12H2,1-3H3/t14-/m0/s1. The van der Waals surface area contributed by atoms with E-state index in [4.69, 9.17) is 4.74 Å². The lowest BCUT2D eigenvalue weighted by molar-refractivity contribution is 0.0474. The smallest absolute Gasteiger partial charge is 0.338 e. The van der Waals surface area contributed by atoms with E-state index in [-0.39, 0.29) is 18.4 Å². The Morgan fingerprint density at radius 2 is 1.74 bits per heavy atom. The molecule has 1 aliphatic heterocycles. The SMILES string of the molecule is Cc1ccc(C(=O)OCC(=O)c2ccc3c(c2)C[C@H](C)N3S(C)(=O)=O)cc1. The van der Waals surface area contributed by atoms with Gasteiger partial charge in [-0.25, -0.2) is 13.2 Å². The molecule has 0 fully saturated rings. The van der Waals surface area contributed by atoms with Gasteiger partial charge in [0, 0.05) is 11.6 Å². The van der Waals surface area contributed by atoms with Gasteiger partial charge in [-0.3, -0.25) is 9.10 Å². The molecule has 2 aromatic rings. The lowest BCUT2D eigenvalue weighted by Gasteiger charge is -2.21. The van der Waals surface area contributed by atoms with Crippen molar-refractivity contribution in [2.24, 2.45) is 0 Å². The lowest BCUT2D eigenvalue weighted by atomic mass is 10.0. The average molecular weight is 387 g/mol. The molecule has 7 heteroatoms. The Bertz CT molecular complexity index is 996. The highest BCUT2D eigenvalue weighted by Crippen LogP contribution is 2.34. The number of sulfonamides is 1. The predicted molar refractivity (Wildman–Crippen MR) is 103 cm³/mol. The van der Waals surface area contributed by atoms with E-state index >= 15 is 0 Å². The number of rotatable bonds is 5. The molecule has 0 amide bonds. The van der Waals surface area contributed by atoms with Crippen LogP contribution in [0.2, 0.25) is 0 Å². The first-order valence-electron chi connectivity index (χ1n) is 8.56. The second-order valence-corrected chi connectivity index (χ2v) is 8.68. The van der Waals surface area contributed by atoms with Gasteiger partial charge in [-0.2, -0.15) is 0 Å². The summed E-state index contributed by atoms with van der Waals surface area (Å²) in [4.78, 5) is 24.4. The molecule has 0 aromatic heterocycles. The zero-order valence-corrected chi connectivity index (χ0v) is 16.2. The summed E-state index contributed by atoms with van der Waals surface area (Å²) in [5, 5.41) is 0. The second kappa shape index (κ2) is 7.15. The minimum atomic E-state index is -3.37. The number of benzene rings is 2. The van der Waals surface area contributed by atoms with Crippen LogP contribution in [0, 0.1) is 6.92 Å². The molecule has 0 N–H and O–H groups in total. The highest BCUT2D eigenvalue weighted by molar-refractivity contribution is 7.92. The molecule has 1 aliphatic rings. The number of aryl methyl sites for hydroxylation is 1. The van der Waals surface area contributed by atoms with Crippen LogP contribution in [-0.4, -0.2) is 39.1 Å². The topological polar surface area (TPSA) is 80.8 Å². The van der Waals surface area contributed by atoms with Crippen LogP contribution in [0.25, 0.3) is 0 Å². The van der Waals surface area contributed by atoms with Crippen LogP contribution in [0.15, 0.2) is 42.5 Å². The van der Waals surface area contributed by atoms with Gasteiger partial charge in [-0.1, -0.05) is 17.7 Å². The van der Waals surface area contributed by atoms with E-state index in [1.165, 1.54) is 10.6 Å². The molecule has 0 aliphatic carbocycles. The van der Waals surface area contributed by atoms with Crippen molar-refractivity contribution >= 4 is 27.5 Å². The molecular weight excluding hydrogens is 366 g/mol. The molecule has 0 spiro atoms. The molecule has 27 heavy (non-hydrogen) atoms. The van der Waals surface area contributed by atoms with E-state index in [1.807, 2.05) is 13.8 Å². The van der Waals surface area contributed by atoms with Crippen molar-refractivity contribution in [2.45, 2.75) is 26.3 Å². The molecule has 1 heterocycles. The van der Waals surface area contributed by atoms with Crippen molar-refractivity contribution in [3.63, 3.8) is 0 Å². The number of ketones is 1. The third-order valence-electron chi connectivity index (χ3n) is 4.53. The molecule has 2 aromatic carbocycles. The van der Waals surface area contributed by atoms with E-state index in [2.05, 4.69) is 0 Å². The molecule has 0 bridgehead atoms. The highest BCUT2D eigenvalue weighted by atomic mass is 32.2. The Balaban J connectivity index is 1.71. The molecule has 6 nitrogen and oxygen atoms in total. The Morgan fingerprint density at radius 3 is 2.37 bits per heavy atom. The Hall–Kier alpha value is -2.67. The fraction of sp³-hybridized carbons (Fsp3) is 0.300. The van der Waals surface area contributed by atoms with Crippen molar-refractivity contribution in [1.82, 2.24) is 0 Å². The summed E-state index contributed by atoms with van der Waals surface area (Å²) in [6.45, 7) is 3.38. The van der Waals surface area contributed by atoms with Gasteiger partial charge in [-0.05, 0) is 56.2 Å². The molecular formula is C20H21NO5S. The molecule has 142 valence electrons. The summed E-state index contributed by atoms with van der Waals surface area (Å²) in [5.74, 6) is -0.884. The minimum absolute atomic E-state index is 0.195. The number of carbonyl (C=O) groups is 2. The highest BCUT2D eigenvalue weighted by Gasteiger charge is 2.32. The zero-order valence-electron chi connectivity index (χ0n) is 15.4. The van der Waals surface area contributed by atoms with Crippen molar-refractivity contribution in [1.29, 1.82) is 0 Å². The first-order chi connectivity index (χ1) is 12.7. The summed E-state index contributed by atoms with van der Waals surface area (Å²) >= 11 is 0. The molecule has 1 atom stereocenters. The molecule has 0 saturated carbocycles. The Morgan fingerprint density at radius 1 is 1.11 bits per heavy atom. The summed E-state index contributed by atoms with van der Waals surface area (Å²) in [7, 11) is -3.37. The van der Waals surface area contributed by atoms with Crippen LogP contribution < -0.4 is 4.31 Å². The van der Waals surface area contributed by atoms with Crippen LogP contribution in [0.4, 0.5) is 5.69 Å². The number of fused-ring (bicyclic) bond motifs is 1. The summed E-state index contributed by atoms with van der Waals surface area (Å²) in [6, 6.07) is 11.6. The maximum Gasteiger partial charge on any atom is 0.338 e. The summed E-state index contributed by atoms with van der Waals surface area (Å²) < 4.78 is 30.4. The second-order valence-electron chi connectivity index (χ2n) is 6.82. The van der Waals surface area contributed by atoms with Gasteiger partial charge in [0.2, 0.25) is 10.0 Å². The van der Waals surface area contributed by atoms with E-state index in [0.717, 1.165) is 11.1 Å². The number of anilines is 1. The maximum absolute atomic E-state index is 12.4. The maximum atomic E-state index is 12.4. The summed E-state index contributed by atoms with van der Waals surface area (Å²) in [5.41, 5.74) is 3.20. The monoisotopic (exact) mass is 387 g/mol. The van der Waals surface area contributed by atoms with Gasteiger partial charge in [0.1, 0.15) is 0 Å². The number of ether oxygens (including phenoxy) is 1. The number of Topliss-reactive ketones (excluding diaryl/α,β-unsaturated/α-hetero) is 1. The van der Waals surface area contributed by atoms with Gasteiger partial charge in [0.05, 0.1) is 17.5 Å². The number of esters is 1. The predicted octanol–water partition coefficient (Wildman–Crippen LogP) is 2.75. The normalized spacial score (nSPS) is 16.1. The quantitative estimate of drug-likeness (QED) is 0.582. The van der Waals surface area contributed by atoms with Gasteiger partial charge in [0.25, 0.3) is 0 Å². The lowest BCUT2D eigenvalue weighted by Crippen LogP contribution is -2.34. The van der Waals surface area contributed by atoms with Gasteiger partial charge in [0.15, 0.2) is 12.4 Å². The number of nitrogens with zero attached hydrogens (tertiary/aromatic N) is 1. The molecule has 3 rings (SSSR count). The molecule has 0 saturated heterocycles. The largest absolute Gasteiger partial charge is 0.454 e. The van der Waals surface area contributed by atoms with Crippen LogP contribution in [0.1, 0.15) is 38.8 Å². The van der Waals surface area contributed by atoms with Crippen molar-refractivity contribution in [3.05, 3.63) is 64.7 Å². The zero-order chi connectivity index (χ0) is 19.8. The average Bonchev–Trinajstić information content (AvgIpc) is 2.94. The number of carbonyl (C=O) groups excluding carboxylic acids is 2. The van der Waals surface area contributed by atoms with Crippen molar-refractivity contribution in [3.8, 4) is 0 Å². The van der Waals surface area contributed by atoms with E-state index in [1.54, 1.807) is 42.5 Å². The van der Waals surface area contributed by atoms with Crippen LogP contribution in [-0.2, 0) is 21.2 Å². The minimum Gasteiger partial charge on any atom is -0.454 e.